The Hall–Kier alpha value is -2.08. The van der Waals surface area contributed by atoms with Gasteiger partial charge in [0.15, 0.2) is 0 Å². The number of anilines is 1. The van der Waals surface area contributed by atoms with Crippen molar-refractivity contribution in [2.45, 2.75) is 19.4 Å². The molecule has 108 valence electrons. The number of amides is 2. The minimum absolute atomic E-state index is 0.0140. The van der Waals surface area contributed by atoms with E-state index in [4.69, 9.17) is 9.84 Å². The first-order valence-corrected chi connectivity index (χ1v) is 6.55. The summed E-state index contributed by atoms with van der Waals surface area (Å²) in [7, 11) is 0. The molecule has 2 atom stereocenters. The normalized spacial score (nSPS) is 19.4. The lowest BCUT2D eigenvalue weighted by atomic mass is 10.0. The lowest BCUT2D eigenvalue weighted by Crippen LogP contribution is -2.40. The predicted molar refractivity (Wildman–Crippen MR) is 73.9 cm³/mol. The van der Waals surface area contributed by atoms with Gasteiger partial charge in [0.2, 0.25) is 0 Å². The molecule has 2 rings (SSSR count). The standard InChI is InChI=1S/C14H18N2O4/c1-9(11-5-6-20-8-11)15-14(19)16-12-4-2-3-10(7-12)13(17)18/h2-4,7,9,11H,5-6,8H2,1H3,(H,17,18)(H2,15,16,19). The van der Waals surface area contributed by atoms with Crippen LogP contribution in [0.25, 0.3) is 0 Å². The Bertz CT molecular complexity index is 498. The second-order valence-corrected chi connectivity index (χ2v) is 4.90. The second-order valence-electron chi connectivity index (χ2n) is 4.90. The van der Waals surface area contributed by atoms with Crippen molar-refractivity contribution in [1.82, 2.24) is 5.32 Å². The van der Waals surface area contributed by atoms with E-state index >= 15 is 0 Å². The van der Waals surface area contributed by atoms with Gasteiger partial charge in [-0.25, -0.2) is 9.59 Å². The molecule has 1 saturated heterocycles. The molecule has 1 aromatic carbocycles. The van der Waals surface area contributed by atoms with E-state index in [1.807, 2.05) is 6.92 Å². The molecule has 3 N–H and O–H groups in total. The fourth-order valence-corrected chi connectivity index (χ4v) is 2.17. The van der Waals surface area contributed by atoms with Crippen molar-refractivity contribution in [3.63, 3.8) is 0 Å². The highest BCUT2D eigenvalue weighted by molar-refractivity contribution is 5.93. The van der Waals surface area contributed by atoms with Crippen molar-refractivity contribution in [2.24, 2.45) is 5.92 Å². The average Bonchev–Trinajstić information content (AvgIpc) is 2.92. The van der Waals surface area contributed by atoms with Gasteiger partial charge in [-0.05, 0) is 31.5 Å². The molecule has 6 heteroatoms. The third kappa shape index (κ3) is 3.71. The highest BCUT2D eigenvalue weighted by Crippen LogP contribution is 2.16. The number of carbonyl (C=O) groups is 2. The summed E-state index contributed by atoms with van der Waals surface area (Å²) in [5, 5.41) is 14.4. The van der Waals surface area contributed by atoms with E-state index in [0.717, 1.165) is 13.0 Å². The van der Waals surface area contributed by atoms with Gasteiger partial charge in [-0.2, -0.15) is 0 Å². The smallest absolute Gasteiger partial charge is 0.335 e. The maximum atomic E-state index is 11.9. The Labute approximate surface area is 117 Å². The molecule has 0 bridgehead atoms. The first-order valence-electron chi connectivity index (χ1n) is 6.55. The van der Waals surface area contributed by atoms with Gasteiger partial charge < -0.3 is 20.5 Å². The van der Waals surface area contributed by atoms with Crippen LogP contribution in [0.4, 0.5) is 10.5 Å². The van der Waals surface area contributed by atoms with Gasteiger partial charge in [-0.15, -0.1) is 0 Å². The lowest BCUT2D eigenvalue weighted by molar-refractivity contribution is 0.0697. The van der Waals surface area contributed by atoms with Crippen LogP contribution >= 0.6 is 0 Å². The van der Waals surface area contributed by atoms with Crippen LogP contribution in [-0.2, 0) is 4.74 Å². The minimum Gasteiger partial charge on any atom is -0.478 e. The molecule has 0 aromatic heterocycles. The molecule has 6 nitrogen and oxygen atoms in total. The molecule has 0 saturated carbocycles. The quantitative estimate of drug-likeness (QED) is 0.785. The zero-order valence-corrected chi connectivity index (χ0v) is 11.3. The van der Waals surface area contributed by atoms with E-state index in [0.29, 0.717) is 18.2 Å². The number of nitrogens with one attached hydrogen (secondary N) is 2. The molecule has 1 aromatic rings. The van der Waals surface area contributed by atoms with Gasteiger partial charge in [0.1, 0.15) is 0 Å². The first kappa shape index (κ1) is 14.3. The Morgan fingerprint density at radius 3 is 2.90 bits per heavy atom. The Morgan fingerprint density at radius 1 is 1.45 bits per heavy atom. The summed E-state index contributed by atoms with van der Waals surface area (Å²) >= 11 is 0. The Kier molecular flexibility index (Phi) is 4.57. The van der Waals surface area contributed by atoms with Crippen molar-refractivity contribution >= 4 is 17.7 Å². The molecule has 0 radical (unpaired) electrons. The van der Waals surface area contributed by atoms with E-state index in [-0.39, 0.29) is 17.6 Å². The fraction of sp³-hybridized carbons (Fsp3) is 0.429. The maximum absolute atomic E-state index is 11.9. The largest absolute Gasteiger partial charge is 0.478 e. The number of carbonyl (C=O) groups excluding carboxylic acids is 1. The van der Waals surface area contributed by atoms with Gasteiger partial charge in [0, 0.05) is 24.3 Å². The molecule has 0 spiro atoms. The molecule has 1 aliphatic rings. The number of hydrogen-bond donors (Lipinski definition) is 3. The van der Waals surface area contributed by atoms with Crippen molar-refractivity contribution in [3.05, 3.63) is 29.8 Å². The van der Waals surface area contributed by atoms with E-state index < -0.39 is 5.97 Å². The van der Waals surface area contributed by atoms with Crippen LogP contribution in [0.5, 0.6) is 0 Å². The molecular weight excluding hydrogens is 260 g/mol. The van der Waals surface area contributed by atoms with E-state index in [1.165, 1.54) is 12.1 Å². The molecule has 1 fully saturated rings. The number of carboxylic acids is 1. The number of ether oxygens (including phenoxy) is 1. The van der Waals surface area contributed by atoms with Crippen molar-refractivity contribution in [1.29, 1.82) is 0 Å². The average molecular weight is 278 g/mol. The topological polar surface area (TPSA) is 87.7 Å². The van der Waals surface area contributed by atoms with Crippen LogP contribution < -0.4 is 10.6 Å². The van der Waals surface area contributed by atoms with Crippen molar-refractivity contribution in [3.8, 4) is 0 Å². The number of urea groups is 1. The third-order valence-electron chi connectivity index (χ3n) is 3.40. The molecule has 1 aliphatic heterocycles. The zero-order chi connectivity index (χ0) is 14.5. The lowest BCUT2D eigenvalue weighted by Gasteiger charge is -2.19. The number of rotatable bonds is 4. The van der Waals surface area contributed by atoms with Gasteiger partial charge in [0.05, 0.1) is 12.2 Å². The first-order chi connectivity index (χ1) is 9.56. The second kappa shape index (κ2) is 6.38. The predicted octanol–water partition coefficient (Wildman–Crippen LogP) is 1.93. The summed E-state index contributed by atoms with van der Waals surface area (Å²) in [5.41, 5.74) is 0.595. The van der Waals surface area contributed by atoms with Crippen LogP contribution in [0.1, 0.15) is 23.7 Å². The molecule has 1 heterocycles. The maximum Gasteiger partial charge on any atom is 0.335 e. The van der Waals surface area contributed by atoms with Gasteiger partial charge >= 0.3 is 12.0 Å². The van der Waals surface area contributed by atoms with Crippen LogP contribution in [0.2, 0.25) is 0 Å². The Morgan fingerprint density at radius 2 is 2.25 bits per heavy atom. The summed E-state index contributed by atoms with van der Waals surface area (Å²) in [6, 6.07) is 5.81. The fourth-order valence-electron chi connectivity index (χ4n) is 2.17. The summed E-state index contributed by atoms with van der Waals surface area (Å²) in [6.45, 7) is 3.33. The van der Waals surface area contributed by atoms with E-state index in [1.54, 1.807) is 12.1 Å². The number of benzene rings is 1. The molecule has 20 heavy (non-hydrogen) atoms. The van der Waals surface area contributed by atoms with Gasteiger partial charge in [-0.1, -0.05) is 6.07 Å². The van der Waals surface area contributed by atoms with Gasteiger partial charge in [-0.3, -0.25) is 0 Å². The van der Waals surface area contributed by atoms with Crippen LogP contribution in [-0.4, -0.2) is 36.4 Å². The Balaban J connectivity index is 1.90. The summed E-state index contributed by atoms with van der Waals surface area (Å²) in [5.74, 6) is -0.698. The summed E-state index contributed by atoms with van der Waals surface area (Å²) in [6.07, 6.45) is 0.940. The van der Waals surface area contributed by atoms with Crippen molar-refractivity contribution < 1.29 is 19.4 Å². The zero-order valence-electron chi connectivity index (χ0n) is 11.3. The highest BCUT2D eigenvalue weighted by atomic mass is 16.5. The van der Waals surface area contributed by atoms with E-state index in [9.17, 15) is 9.59 Å². The highest BCUT2D eigenvalue weighted by Gasteiger charge is 2.23. The number of aromatic carboxylic acids is 1. The molecule has 2 unspecified atom stereocenters. The summed E-state index contributed by atoms with van der Waals surface area (Å²) < 4.78 is 5.28. The monoisotopic (exact) mass is 278 g/mol. The van der Waals surface area contributed by atoms with Crippen LogP contribution in [0.15, 0.2) is 24.3 Å². The van der Waals surface area contributed by atoms with Crippen LogP contribution in [0.3, 0.4) is 0 Å². The van der Waals surface area contributed by atoms with Crippen LogP contribution in [0, 0.1) is 5.92 Å². The molecule has 2 amide bonds. The summed E-state index contributed by atoms with van der Waals surface area (Å²) in [4.78, 5) is 22.7. The van der Waals surface area contributed by atoms with Crippen molar-refractivity contribution in [2.75, 3.05) is 18.5 Å². The molecule has 0 aliphatic carbocycles. The number of hydrogen-bond acceptors (Lipinski definition) is 3. The SMILES string of the molecule is CC(NC(=O)Nc1cccc(C(=O)O)c1)C1CCOC1. The van der Waals surface area contributed by atoms with Gasteiger partial charge in [0.25, 0.3) is 0 Å². The number of carboxylic acid groups (broad SMARTS) is 1. The third-order valence-corrected chi connectivity index (χ3v) is 3.40. The molecular formula is C14H18N2O4. The minimum atomic E-state index is -1.02. The van der Waals surface area contributed by atoms with E-state index in [2.05, 4.69) is 10.6 Å².